The molecular weight excluding hydrogens is 357 g/mol. The second-order valence-corrected chi connectivity index (χ2v) is 6.23. The van der Waals surface area contributed by atoms with Gasteiger partial charge < -0.3 is 10.4 Å². The summed E-state index contributed by atoms with van der Waals surface area (Å²) in [5, 5.41) is 12.3. The molecule has 0 fully saturated rings. The standard InChI is InChI=1S/C15H15ClFN3O3S/c1-2-5-20-14(23)7-12(21)19-15(20)24-8-13(22)18-11-4-3-9(16)6-10(11)17/h3-4,6-7,21H,2,5,8H2,1H3,(H,18,22). The molecule has 0 atom stereocenters. The lowest BCUT2D eigenvalue weighted by atomic mass is 10.3. The zero-order chi connectivity index (χ0) is 17.7. The molecule has 6 nitrogen and oxygen atoms in total. The first kappa shape index (κ1) is 18.3. The van der Waals surface area contributed by atoms with E-state index >= 15 is 0 Å². The van der Waals surface area contributed by atoms with Crippen LogP contribution in [0.1, 0.15) is 13.3 Å². The van der Waals surface area contributed by atoms with Crippen molar-refractivity contribution < 1.29 is 14.3 Å². The minimum Gasteiger partial charge on any atom is -0.493 e. The van der Waals surface area contributed by atoms with Crippen LogP contribution >= 0.6 is 23.4 Å². The molecule has 2 rings (SSSR count). The van der Waals surface area contributed by atoms with Crippen LogP contribution < -0.4 is 10.9 Å². The van der Waals surface area contributed by atoms with Crippen LogP contribution in [0.4, 0.5) is 10.1 Å². The summed E-state index contributed by atoms with van der Waals surface area (Å²) in [6, 6.07) is 4.94. The van der Waals surface area contributed by atoms with E-state index in [4.69, 9.17) is 11.6 Å². The zero-order valence-corrected chi connectivity index (χ0v) is 14.3. The second kappa shape index (κ2) is 8.16. The molecule has 1 amide bonds. The predicted octanol–water partition coefficient (Wildman–Crippen LogP) is 2.88. The van der Waals surface area contributed by atoms with E-state index in [-0.39, 0.29) is 21.6 Å². The van der Waals surface area contributed by atoms with Gasteiger partial charge in [-0.25, -0.2) is 4.39 Å². The fourth-order valence-electron chi connectivity index (χ4n) is 1.92. The molecule has 1 aromatic carbocycles. The van der Waals surface area contributed by atoms with Crippen LogP contribution in [0.25, 0.3) is 0 Å². The number of thioether (sulfide) groups is 1. The van der Waals surface area contributed by atoms with Gasteiger partial charge in [0.15, 0.2) is 5.16 Å². The molecule has 9 heteroatoms. The third-order valence-electron chi connectivity index (χ3n) is 2.94. The predicted molar refractivity (Wildman–Crippen MR) is 91.2 cm³/mol. The number of hydrogen-bond acceptors (Lipinski definition) is 5. The fourth-order valence-corrected chi connectivity index (χ4v) is 2.91. The number of carbonyl (C=O) groups excluding carboxylic acids is 1. The molecule has 24 heavy (non-hydrogen) atoms. The summed E-state index contributed by atoms with van der Waals surface area (Å²) in [6.07, 6.45) is 0.697. The van der Waals surface area contributed by atoms with Crippen molar-refractivity contribution in [3.8, 4) is 5.88 Å². The maximum Gasteiger partial charge on any atom is 0.257 e. The van der Waals surface area contributed by atoms with Crippen molar-refractivity contribution in [2.24, 2.45) is 0 Å². The molecule has 0 bridgehead atoms. The molecule has 0 aliphatic heterocycles. The van der Waals surface area contributed by atoms with Crippen molar-refractivity contribution >= 4 is 35.0 Å². The maximum atomic E-state index is 13.6. The number of hydrogen-bond donors (Lipinski definition) is 2. The highest BCUT2D eigenvalue weighted by atomic mass is 35.5. The van der Waals surface area contributed by atoms with Gasteiger partial charge in [0.1, 0.15) is 5.82 Å². The molecular formula is C15H15ClFN3O3S. The Kier molecular flexibility index (Phi) is 6.22. The van der Waals surface area contributed by atoms with Gasteiger partial charge in [-0.2, -0.15) is 4.98 Å². The van der Waals surface area contributed by atoms with E-state index < -0.39 is 23.2 Å². The van der Waals surface area contributed by atoms with Crippen molar-refractivity contribution in [1.29, 1.82) is 0 Å². The van der Waals surface area contributed by atoms with E-state index in [0.29, 0.717) is 13.0 Å². The number of carbonyl (C=O) groups is 1. The minimum absolute atomic E-state index is 0.0137. The third kappa shape index (κ3) is 4.72. The molecule has 0 radical (unpaired) electrons. The highest BCUT2D eigenvalue weighted by molar-refractivity contribution is 7.99. The Morgan fingerprint density at radius 3 is 2.88 bits per heavy atom. The van der Waals surface area contributed by atoms with E-state index in [1.807, 2.05) is 6.92 Å². The van der Waals surface area contributed by atoms with Crippen LogP contribution in [-0.4, -0.2) is 26.3 Å². The highest BCUT2D eigenvalue weighted by Gasteiger charge is 2.12. The fraction of sp³-hybridized carbons (Fsp3) is 0.267. The van der Waals surface area contributed by atoms with E-state index in [9.17, 15) is 19.1 Å². The largest absolute Gasteiger partial charge is 0.493 e. The van der Waals surface area contributed by atoms with Crippen LogP contribution in [0.3, 0.4) is 0 Å². The monoisotopic (exact) mass is 371 g/mol. The number of aromatic hydroxyl groups is 1. The Morgan fingerprint density at radius 1 is 1.46 bits per heavy atom. The SMILES string of the molecule is CCCn1c(SCC(=O)Nc2ccc(Cl)cc2F)nc(O)cc1=O. The average Bonchev–Trinajstić information content (AvgIpc) is 2.51. The van der Waals surface area contributed by atoms with Crippen molar-refractivity contribution in [3.05, 3.63) is 45.5 Å². The van der Waals surface area contributed by atoms with Crippen LogP contribution in [0.15, 0.2) is 34.2 Å². The first-order valence-electron chi connectivity index (χ1n) is 7.09. The molecule has 1 heterocycles. The van der Waals surface area contributed by atoms with Crippen LogP contribution in [-0.2, 0) is 11.3 Å². The quantitative estimate of drug-likeness (QED) is 0.602. The summed E-state index contributed by atoms with van der Waals surface area (Å²) in [5.74, 6) is -1.61. The number of aromatic nitrogens is 2. The van der Waals surface area contributed by atoms with Gasteiger partial charge in [0.2, 0.25) is 11.8 Å². The zero-order valence-electron chi connectivity index (χ0n) is 12.8. The van der Waals surface area contributed by atoms with Gasteiger partial charge in [0.25, 0.3) is 5.56 Å². The number of amides is 1. The van der Waals surface area contributed by atoms with Gasteiger partial charge in [0.05, 0.1) is 17.5 Å². The molecule has 0 aliphatic carbocycles. The smallest absolute Gasteiger partial charge is 0.257 e. The molecule has 0 aliphatic rings. The molecule has 2 aromatic rings. The van der Waals surface area contributed by atoms with Crippen LogP contribution in [0, 0.1) is 5.82 Å². The maximum absolute atomic E-state index is 13.6. The van der Waals surface area contributed by atoms with Crippen LogP contribution in [0.2, 0.25) is 5.02 Å². The summed E-state index contributed by atoms with van der Waals surface area (Å²) in [4.78, 5) is 27.7. The van der Waals surface area contributed by atoms with Gasteiger partial charge >= 0.3 is 0 Å². The van der Waals surface area contributed by atoms with Gasteiger partial charge in [-0.15, -0.1) is 0 Å². The summed E-state index contributed by atoms with van der Waals surface area (Å²) in [7, 11) is 0. The molecule has 0 saturated heterocycles. The lowest BCUT2D eigenvalue weighted by Crippen LogP contribution is -2.23. The number of rotatable bonds is 6. The van der Waals surface area contributed by atoms with Gasteiger partial charge in [0, 0.05) is 11.6 Å². The van der Waals surface area contributed by atoms with Crippen molar-refractivity contribution in [1.82, 2.24) is 9.55 Å². The topological polar surface area (TPSA) is 84.2 Å². The minimum atomic E-state index is -0.640. The highest BCUT2D eigenvalue weighted by Crippen LogP contribution is 2.20. The molecule has 0 unspecified atom stereocenters. The van der Waals surface area contributed by atoms with E-state index in [1.165, 1.54) is 16.7 Å². The number of benzene rings is 1. The molecule has 1 aromatic heterocycles. The number of halogens is 2. The first-order valence-corrected chi connectivity index (χ1v) is 8.45. The van der Waals surface area contributed by atoms with E-state index in [2.05, 4.69) is 10.3 Å². The normalized spacial score (nSPS) is 10.6. The van der Waals surface area contributed by atoms with Crippen molar-refractivity contribution in [3.63, 3.8) is 0 Å². The van der Waals surface area contributed by atoms with Gasteiger partial charge in [-0.05, 0) is 24.6 Å². The molecule has 2 N–H and O–H groups in total. The Balaban J connectivity index is 2.07. The van der Waals surface area contributed by atoms with E-state index in [1.54, 1.807) is 0 Å². The number of anilines is 1. The van der Waals surface area contributed by atoms with Crippen molar-refractivity contribution in [2.45, 2.75) is 25.0 Å². The van der Waals surface area contributed by atoms with Crippen LogP contribution in [0.5, 0.6) is 5.88 Å². The van der Waals surface area contributed by atoms with Gasteiger partial charge in [-0.1, -0.05) is 30.3 Å². The number of nitrogens with zero attached hydrogens (tertiary/aromatic N) is 2. The lowest BCUT2D eigenvalue weighted by Gasteiger charge is -2.11. The summed E-state index contributed by atoms with van der Waals surface area (Å²) in [5.41, 5.74) is -0.379. The first-order chi connectivity index (χ1) is 11.4. The third-order valence-corrected chi connectivity index (χ3v) is 4.16. The Labute approximate surface area is 146 Å². The number of nitrogens with one attached hydrogen (secondary N) is 1. The Bertz CT molecular complexity index is 813. The lowest BCUT2D eigenvalue weighted by molar-refractivity contribution is -0.113. The Morgan fingerprint density at radius 2 is 2.21 bits per heavy atom. The molecule has 0 spiro atoms. The molecule has 0 saturated carbocycles. The second-order valence-electron chi connectivity index (χ2n) is 4.85. The Hall–Kier alpha value is -2.06. The summed E-state index contributed by atoms with van der Waals surface area (Å²) < 4.78 is 15.0. The van der Waals surface area contributed by atoms with Gasteiger partial charge in [-0.3, -0.25) is 14.2 Å². The summed E-state index contributed by atoms with van der Waals surface area (Å²) >= 11 is 6.63. The molecule has 128 valence electrons. The van der Waals surface area contributed by atoms with Crippen molar-refractivity contribution in [2.75, 3.05) is 11.1 Å². The van der Waals surface area contributed by atoms with E-state index in [0.717, 1.165) is 23.9 Å². The summed E-state index contributed by atoms with van der Waals surface area (Å²) in [6.45, 7) is 2.31. The average molecular weight is 372 g/mol.